The first kappa shape index (κ1) is 22.6. The molecule has 0 radical (unpaired) electrons. The molecule has 4 rings (SSSR count). The van der Waals surface area contributed by atoms with Crippen LogP contribution in [-0.2, 0) is 18.2 Å². The van der Waals surface area contributed by atoms with E-state index in [1.165, 1.54) is 24.5 Å². The summed E-state index contributed by atoms with van der Waals surface area (Å²) in [6.07, 6.45) is -1.95. The number of nitrogens with zero attached hydrogens (tertiary/aromatic N) is 4. The highest BCUT2D eigenvalue weighted by Crippen LogP contribution is 2.36. The Kier molecular flexibility index (Phi) is 5.75. The Morgan fingerprint density at radius 2 is 1.70 bits per heavy atom. The van der Waals surface area contributed by atoms with Gasteiger partial charge in [-0.25, -0.2) is 15.0 Å². The summed E-state index contributed by atoms with van der Waals surface area (Å²) in [4.78, 5) is 16.8. The van der Waals surface area contributed by atoms with Gasteiger partial charge in [0.05, 0.1) is 16.8 Å². The Bertz CT molecular complexity index is 1300. The number of anilines is 2. The lowest BCUT2D eigenvalue weighted by Gasteiger charge is -2.19. The van der Waals surface area contributed by atoms with E-state index in [1.807, 2.05) is 24.3 Å². The zero-order valence-corrected chi connectivity index (χ0v) is 18.3. The lowest BCUT2D eigenvalue weighted by molar-refractivity contribution is -0.137. The molecule has 2 N–H and O–H groups in total. The molecule has 0 aliphatic rings. The van der Waals surface area contributed by atoms with E-state index in [2.05, 4.69) is 46.0 Å². The maximum atomic E-state index is 13.4. The van der Waals surface area contributed by atoms with Crippen molar-refractivity contribution < 1.29 is 18.3 Å². The predicted molar refractivity (Wildman–Crippen MR) is 120 cm³/mol. The van der Waals surface area contributed by atoms with E-state index in [0.717, 1.165) is 17.3 Å². The largest absolute Gasteiger partial charge is 0.418 e. The molecule has 33 heavy (non-hydrogen) atoms. The van der Waals surface area contributed by atoms with E-state index in [4.69, 9.17) is 0 Å². The highest BCUT2D eigenvalue weighted by molar-refractivity contribution is 5.89. The molecule has 0 aliphatic heterocycles. The number of rotatable bonds is 4. The van der Waals surface area contributed by atoms with Crippen LogP contribution in [0.2, 0.25) is 0 Å². The van der Waals surface area contributed by atoms with Crippen molar-refractivity contribution in [3.05, 3.63) is 71.8 Å². The number of aliphatic hydroxyl groups is 1. The van der Waals surface area contributed by atoms with Gasteiger partial charge in [0.2, 0.25) is 0 Å². The fourth-order valence-electron chi connectivity index (χ4n) is 3.41. The Labute approximate surface area is 188 Å². The number of aliphatic hydroxyl groups excluding tert-OH is 1. The average molecular weight is 453 g/mol. The molecular formula is C24H22F3N5O. The first-order valence-electron chi connectivity index (χ1n) is 10.2. The van der Waals surface area contributed by atoms with Gasteiger partial charge in [0, 0.05) is 23.6 Å². The van der Waals surface area contributed by atoms with Gasteiger partial charge < -0.3 is 10.4 Å². The molecule has 3 aromatic heterocycles. The summed E-state index contributed by atoms with van der Waals surface area (Å²) in [7, 11) is 0. The Morgan fingerprint density at radius 3 is 2.33 bits per heavy atom. The van der Waals surface area contributed by atoms with E-state index in [-0.39, 0.29) is 22.5 Å². The molecule has 170 valence electrons. The summed E-state index contributed by atoms with van der Waals surface area (Å²) in [5, 5.41) is 12.8. The second kappa shape index (κ2) is 8.40. The smallest absolute Gasteiger partial charge is 0.388 e. The molecule has 0 bridgehead atoms. The van der Waals surface area contributed by atoms with Gasteiger partial charge in [-0.1, -0.05) is 32.9 Å². The standard InChI is InChI=1S/C24H22F3N5O/c1-23(2,3)15-6-8-16(9-7-15)30-22-21-18(31-19(13-33)32-22)11-14(12-29-21)20-17(24(25,26)27)5-4-10-28-20/h4-12,33H,13H2,1-3H3,(H,30,31,32). The lowest BCUT2D eigenvalue weighted by Crippen LogP contribution is -2.10. The number of hydrogen-bond donors (Lipinski definition) is 2. The number of nitrogens with one attached hydrogen (secondary N) is 1. The van der Waals surface area contributed by atoms with E-state index < -0.39 is 18.3 Å². The van der Waals surface area contributed by atoms with Crippen LogP contribution in [0, 0.1) is 0 Å². The Balaban J connectivity index is 1.77. The molecule has 0 amide bonds. The normalized spacial score (nSPS) is 12.2. The van der Waals surface area contributed by atoms with Crippen LogP contribution in [-0.4, -0.2) is 25.0 Å². The van der Waals surface area contributed by atoms with Crippen molar-refractivity contribution in [2.24, 2.45) is 0 Å². The average Bonchev–Trinajstić information content (AvgIpc) is 2.77. The van der Waals surface area contributed by atoms with Crippen molar-refractivity contribution >= 4 is 22.5 Å². The van der Waals surface area contributed by atoms with Gasteiger partial charge in [-0.15, -0.1) is 0 Å². The van der Waals surface area contributed by atoms with Crippen LogP contribution in [0.3, 0.4) is 0 Å². The van der Waals surface area contributed by atoms with Crippen LogP contribution < -0.4 is 5.32 Å². The molecule has 3 heterocycles. The van der Waals surface area contributed by atoms with Crippen LogP contribution in [0.15, 0.2) is 54.9 Å². The van der Waals surface area contributed by atoms with Crippen molar-refractivity contribution in [2.75, 3.05) is 5.32 Å². The number of halogens is 3. The summed E-state index contributed by atoms with van der Waals surface area (Å²) in [6, 6.07) is 11.5. The van der Waals surface area contributed by atoms with Crippen molar-refractivity contribution in [3.8, 4) is 11.3 Å². The molecule has 0 atom stereocenters. The van der Waals surface area contributed by atoms with Gasteiger partial charge in [0.1, 0.15) is 12.1 Å². The highest BCUT2D eigenvalue weighted by Gasteiger charge is 2.34. The van der Waals surface area contributed by atoms with Gasteiger partial charge in [-0.2, -0.15) is 13.2 Å². The number of pyridine rings is 2. The molecule has 9 heteroatoms. The molecule has 0 saturated carbocycles. The summed E-state index contributed by atoms with van der Waals surface area (Å²) in [5.74, 6) is 0.462. The summed E-state index contributed by atoms with van der Waals surface area (Å²) >= 11 is 0. The zero-order valence-electron chi connectivity index (χ0n) is 18.3. The lowest BCUT2D eigenvalue weighted by atomic mass is 9.87. The highest BCUT2D eigenvalue weighted by atomic mass is 19.4. The fraction of sp³-hybridized carbons (Fsp3) is 0.250. The summed E-state index contributed by atoms with van der Waals surface area (Å²) < 4.78 is 40.3. The monoisotopic (exact) mass is 453 g/mol. The second-order valence-electron chi connectivity index (χ2n) is 8.59. The van der Waals surface area contributed by atoms with Gasteiger partial charge in [-0.05, 0) is 41.3 Å². The number of fused-ring (bicyclic) bond motifs is 1. The zero-order chi connectivity index (χ0) is 23.8. The number of hydrogen-bond acceptors (Lipinski definition) is 6. The van der Waals surface area contributed by atoms with Crippen molar-refractivity contribution in [1.82, 2.24) is 19.9 Å². The Morgan fingerprint density at radius 1 is 0.970 bits per heavy atom. The van der Waals surface area contributed by atoms with E-state index in [1.54, 1.807) is 0 Å². The summed E-state index contributed by atoms with van der Waals surface area (Å²) in [5.41, 5.74) is 1.63. The minimum absolute atomic E-state index is 0.00288. The predicted octanol–water partition coefficient (Wildman–Crippen LogP) is 5.64. The van der Waals surface area contributed by atoms with Crippen LogP contribution >= 0.6 is 0 Å². The van der Waals surface area contributed by atoms with Crippen LogP contribution in [0.1, 0.15) is 37.7 Å². The van der Waals surface area contributed by atoms with E-state index in [0.29, 0.717) is 16.9 Å². The van der Waals surface area contributed by atoms with E-state index in [9.17, 15) is 18.3 Å². The summed E-state index contributed by atoms with van der Waals surface area (Å²) in [6.45, 7) is 5.92. The van der Waals surface area contributed by atoms with Gasteiger partial charge >= 0.3 is 6.18 Å². The van der Waals surface area contributed by atoms with Crippen molar-refractivity contribution in [2.45, 2.75) is 39.0 Å². The second-order valence-corrected chi connectivity index (χ2v) is 8.59. The molecule has 0 unspecified atom stereocenters. The topological polar surface area (TPSA) is 83.8 Å². The SMILES string of the molecule is CC(C)(C)c1ccc(Nc2nc(CO)nc3cc(-c4ncccc4C(F)(F)F)cnc23)cc1. The fourth-order valence-corrected chi connectivity index (χ4v) is 3.41. The van der Waals surface area contributed by atoms with Gasteiger partial charge in [0.15, 0.2) is 11.6 Å². The van der Waals surface area contributed by atoms with Crippen molar-refractivity contribution in [3.63, 3.8) is 0 Å². The van der Waals surface area contributed by atoms with Gasteiger partial charge in [0.25, 0.3) is 0 Å². The molecule has 6 nitrogen and oxygen atoms in total. The number of alkyl halides is 3. The molecule has 0 fully saturated rings. The molecule has 4 aromatic rings. The minimum Gasteiger partial charge on any atom is -0.388 e. The van der Waals surface area contributed by atoms with Gasteiger partial charge in [-0.3, -0.25) is 4.98 Å². The molecule has 0 aliphatic carbocycles. The minimum atomic E-state index is -4.56. The van der Waals surface area contributed by atoms with Crippen LogP contribution in [0.4, 0.5) is 24.7 Å². The third-order valence-electron chi connectivity index (χ3n) is 5.12. The molecule has 1 aromatic carbocycles. The maximum absolute atomic E-state index is 13.4. The quantitative estimate of drug-likeness (QED) is 0.416. The van der Waals surface area contributed by atoms with Crippen LogP contribution in [0.5, 0.6) is 0 Å². The molecule has 0 saturated heterocycles. The first-order valence-corrected chi connectivity index (χ1v) is 10.2. The number of benzene rings is 1. The third-order valence-corrected chi connectivity index (χ3v) is 5.12. The third kappa shape index (κ3) is 4.78. The van der Waals surface area contributed by atoms with Crippen LogP contribution in [0.25, 0.3) is 22.3 Å². The Hall–Kier alpha value is -3.59. The molecular weight excluding hydrogens is 431 g/mol. The van der Waals surface area contributed by atoms with Crippen molar-refractivity contribution in [1.29, 1.82) is 0 Å². The number of aromatic nitrogens is 4. The molecule has 0 spiro atoms. The maximum Gasteiger partial charge on any atom is 0.418 e. The first-order chi connectivity index (χ1) is 15.6. The van der Waals surface area contributed by atoms with E-state index >= 15 is 0 Å².